The van der Waals surface area contributed by atoms with Crippen molar-refractivity contribution in [1.29, 1.82) is 0 Å². The summed E-state index contributed by atoms with van der Waals surface area (Å²) in [5.41, 5.74) is 4.23. The molecule has 33 heavy (non-hydrogen) atoms. The summed E-state index contributed by atoms with van der Waals surface area (Å²) in [4.78, 5) is 11.5. The fraction of sp³-hybridized carbons (Fsp3) is 0.593. The van der Waals surface area contributed by atoms with E-state index in [0.29, 0.717) is 5.76 Å². The zero-order valence-corrected chi connectivity index (χ0v) is 21.0. The van der Waals surface area contributed by atoms with Crippen LogP contribution in [0.25, 0.3) is 0 Å². The SMILES string of the molecule is COC1C=C(CCC/C(C)=C\CC/C(C)=C\CC[C@@H](C)/C=C2\OC(=O)C(C)=C2O)C(OC)O1. The van der Waals surface area contributed by atoms with Gasteiger partial charge >= 0.3 is 5.97 Å². The second kappa shape index (κ2) is 13.5. The van der Waals surface area contributed by atoms with Crippen LogP contribution in [0.1, 0.15) is 72.6 Å². The van der Waals surface area contributed by atoms with Gasteiger partial charge in [0.2, 0.25) is 0 Å². The van der Waals surface area contributed by atoms with Crippen LogP contribution in [0.2, 0.25) is 0 Å². The predicted molar refractivity (Wildman–Crippen MR) is 129 cm³/mol. The summed E-state index contributed by atoms with van der Waals surface area (Å²) in [7, 11) is 3.29. The molecule has 0 radical (unpaired) electrons. The minimum Gasteiger partial charge on any atom is -0.504 e. The molecule has 184 valence electrons. The summed E-state index contributed by atoms with van der Waals surface area (Å²) in [5.74, 6) is 0.00362. The fourth-order valence-corrected chi connectivity index (χ4v) is 3.91. The molecular formula is C27H40O6. The summed E-state index contributed by atoms with van der Waals surface area (Å²) in [6.45, 7) is 8.00. The van der Waals surface area contributed by atoms with Crippen LogP contribution >= 0.6 is 0 Å². The lowest BCUT2D eigenvalue weighted by molar-refractivity contribution is -0.177. The van der Waals surface area contributed by atoms with Gasteiger partial charge in [-0.1, -0.05) is 30.2 Å². The topological polar surface area (TPSA) is 74.2 Å². The largest absolute Gasteiger partial charge is 0.504 e. The Bertz CT molecular complexity index is 830. The molecule has 0 saturated carbocycles. The molecular weight excluding hydrogens is 420 g/mol. The third kappa shape index (κ3) is 8.61. The molecule has 2 heterocycles. The summed E-state index contributed by atoms with van der Waals surface area (Å²) >= 11 is 0. The zero-order valence-electron chi connectivity index (χ0n) is 21.0. The molecule has 0 aromatic heterocycles. The first-order chi connectivity index (χ1) is 15.7. The molecule has 0 saturated heterocycles. The highest BCUT2D eigenvalue weighted by atomic mass is 16.8. The van der Waals surface area contributed by atoms with Gasteiger partial charge in [0, 0.05) is 14.2 Å². The number of ether oxygens (including phenoxy) is 4. The summed E-state index contributed by atoms with van der Waals surface area (Å²) < 4.78 is 21.3. The van der Waals surface area contributed by atoms with Crippen molar-refractivity contribution in [3.05, 3.63) is 58.1 Å². The van der Waals surface area contributed by atoms with Gasteiger partial charge in [0.05, 0.1) is 5.57 Å². The lowest BCUT2D eigenvalue weighted by atomic mass is 10.0. The summed E-state index contributed by atoms with van der Waals surface area (Å²) in [6, 6.07) is 0. The van der Waals surface area contributed by atoms with Gasteiger partial charge in [-0.3, -0.25) is 0 Å². The quantitative estimate of drug-likeness (QED) is 0.252. The first-order valence-corrected chi connectivity index (χ1v) is 11.8. The van der Waals surface area contributed by atoms with E-state index in [1.807, 2.05) is 12.2 Å². The van der Waals surface area contributed by atoms with E-state index in [2.05, 4.69) is 32.9 Å². The third-order valence-electron chi connectivity index (χ3n) is 6.07. The molecule has 0 fully saturated rings. The minimum atomic E-state index is -0.464. The number of esters is 1. The summed E-state index contributed by atoms with van der Waals surface area (Å²) in [5, 5.41) is 9.91. The van der Waals surface area contributed by atoms with E-state index in [1.54, 1.807) is 21.1 Å². The smallest absolute Gasteiger partial charge is 0.343 e. The molecule has 0 bridgehead atoms. The molecule has 2 unspecified atom stereocenters. The van der Waals surface area contributed by atoms with Crippen LogP contribution in [-0.4, -0.2) is 37.9 Å². The van der Waals surface area contributed by atoms with Crippen molar-refractivity contribution < 1.29 is 28.8 Å². The van der Waals surface area contributed by atoms with Gasteiger partial charge in [-0.15, -0.1) is 0 Å². The van der Waals surface area contributed by atoms with Crippen LogP contribution < -0.4 is 0 Å². The van der Waals surface area contributed by atoms with Crippen molar-refractivity contribution >= 4 is 5.97 Å². The standard InChI is InChI=1S/C27H40O6/c1-18(12-8-14-20(3)16-23-25(28)21(4)26(29)32-23)10-7-11-19(2)13-9-15-22-17-24(30-5)33-27(22)31-6/h11-12,16-17,20,24,27-28H,7-10,13-15H2,1-6H3/b18-12-,19-11-,23-16-/t20-,24?,27?/m1/s1. The Kier molecular flexibility index (Phi) is 11.1. The van der Waals surface area contributed by atoms with Gasteiger partial charge < -0.3 is 24.1 Å². The van der Waals surface area contributed by atoms with Crippen molar-refractivity contribution in [2.24, 2.45) is 5.92 Å². The highest BCUT2D eigenvalue weighted by Gasteiger charge is 2.27. The number of aliphatic hydroxyl groups is 1. The molecule has 0 aromatic rings. The van der Waals surface area contributed by atoms with Crippen molar-refractivity contribution in [3.63, 3.8) is 0 Å². The Labute approximate surface area is 198 Å². The average molecular weight is 461 g/mol. The van der Waals surface area contributed by atoms with Gasteiger partial charge in [0.25, 0.3) is 0 Å². The maximum Gasteiger partial charge on any atom is 0.343 e. The fourth-order valence-electron chi connectivity index (χ4n) is 3.91. The predicted octanol–water partition coefficient (Wildman–Crippen LogP) is 6.42. The monoisotopic (exact) mass is 460 g/mol. The van der Waals surface area contributed by atoms with Crippen LogP contribution in [-0.2, 0) is 23.7 Å². The first-order valence-electron chi connectivity index (χ1n) is 11.8. The van der Waals surface area contributed by atoms with Gasteiger partial charge in [-0.25, -0.2) is 4.79 Å². The van der Waals surface area contributed by atoms with Crippen LogP contribution in [0.3, 0.4) is 0 Å². The maximum atomic E-state index is 11.5. The molecule has 0 aliphatic carbocycles. The lowest BCUT2D eigenvalue weighted by Gasteiger charge is -2.14. The number of carbonyl (C=O) groups is 1. The molecule has 2 rings (SSSR count). The first kappa shape index (κ1) is 27.1. The van der Waals surface area contributed by atoms with E-state index in [0.717, 1.165) is 50.5 Å². The molecule has 1 N–H and O–H groups in total. The molecule has 6 nitrogen and oxygen atoms in total. The van der Waals surface area contributed by atoms with Crippen molar-refractivity contribution in [3.8, 4) is 0 Å². The Morgan fingerprint density at radius 3 is 2.48 bits per heavy atom. The number of carbonyl (C=O) groups excluding carboxylic acids is 1. The highest BCUT2D eigenvalue weighted by molar-refractivity contribution is 5.93. The molecule has 2 aliphatic rings. The molecule has 0 amide bonds. The van der Waals surface area contributed by atoms with Crippen molar-refractivity contribution in [2.75, 3.05) is 14.2 Å². The lowest BCUT2D eigenvalue weighted by Crippen LogP contribution is -2.17. The van der Waals surface area contributed by atoms with Gasteiger partial charge in [0.1, 0.15) is 0 Å². The van der Waals surface area contributed by atoms with E-state index in [4.69, 9.17) is 18.9 Å². The minimum absolute atomic E-state index is 0.0354. The molecule has 2 aliphatic heterocycles. The zero-order chi connectivity index (χ0) is 24.4. The van der Waals surface area contributed by atoms with Crippen LogP contribution in [0.15, 0.2) is 58.1 Å². The molecule has 6 heteroatoms. The Morgan fingerprint density at radius 2 is 1.85 bits per heavy atom. The van der Waals surface area contributed by atoms with Crippen LogP contribution in [0.4, 0.5) is 0 Å². The number of aliphatic hydroxyl groups excluding tert-OH is 1. The van der Waals surface area contributed by atoms with E-state index in [-0.39, 0.29) is 29.8 Å². The number of rotatable bonds is 13. The maximum absolute atomic E-state index is 11.5. The number of methoxy groups -OCH3 is 2. The number of hydrogen-bond acceptors (Lipinski definition) is 6. The van der Waals surface area contributed by atoms with Crippen molar-refractivity contribution in [1.82, 2.24) is 0 Å². The van der Waals surface area contributed by atoms with Crippen molar-refractivity contribution in [2.45, 2.75) is 85.2 Å². The Hall–Kier alpha value is -2.15. The highest BCUT2D eigenvalue weighted by Crippen LogP contribution is 2.27. The average Bonchev–Trinajstić information content (AvgIpc) is 3.29. The van der Waals surface area contributed by atoms with Gasteiger partial charge in [-0.05, 0) is 89.4 Å². The van der Waals surface area contributed by atoms with Gasteiger partial charge in [-0.2, -0.15) is 0 Å². The van der Waals surface area contributed by atoms with Crippen LogP contribution in [0, 0.1) is 5.92 Å². The third-order valence-corrected chi connectivity index (χ3v) is 6.07. The van der Waals surface area contributed by atoms with E-state index in [9.17, 15) is 9.90 Å². The molecule has 0 spiro atoms. The molecule has 3 atom stereocenters. The van der Waals surface area contributed by atoms with Crippen LogP contribution in [0.5, 0.6) is 0 Å². The second-order valence-electron chi connectivity index (χ2n) is 8.99. The Balaban J connectivity index is 1.66. The number of hydrogen-bond donors (Lipinski definition) is 1. The van der Waals surface area contributed by atoms with Gasteiger partial charge in [0.15, 0.2) is 24.1 Å². The number of cyclic esters (lactones) is 1. The van der Waals surface area contributed by atoms with E-state index in [1.165, 1.54) is 11.1 Å². The van der Waals surface area contributed by atoms with E-state index >= 15 is 0 Å². The Morgan fingerprint density at radius 1 is 1.15 bits per heavy atom. The summed E-state index contributed by atoms with van der Waals surface area (Å²) in [6.07, 6.45) is 14.9. The molecule has 0 aromatic carbocycles. The normalized spacial score (nSPS) is 24.0. The van der Waals surface area contributed by atoms with E-state index < -0.39 is 5.97 Å². The number of allylic oxidation sites excluding steroid dienone is 5. The second-order valence-corrected chi connectivity index (χ2v) is 8.99.